The van der Waals surface area contributed by atoms with Crippen LogP contribution in [0.3, 0.4) is 0 Å². The summed E-state index contributed by atoms with van der Waals surface area (Å²) in [6, 6.07) is 9.56. The van der Waals surface area contributed by atoms with Crippen molar-refractivity contribution in [2.24, 2.45) is 0 Å². The number of hydrogen-bond donors (Lipinski definition) is 0. The Morgan fingerprint density at radius 1 is 1.28 bits per heavy atom. The Morgan fingerprint density at radius 3 is 3.04 bits per heavy atom. The topological polar surface area (TPSA) is 72.6 Å². The maximum atomic E-state index is 13.0. The zero-order valence-corrected chi connectivity index (χ0v) is 14.0. The summed E-state index contributed by atoms with van der Waals surface area (Å²) in [5.41, 5.74) is 1.86. The minimum Gasteiger partial charge on any atom is -0.496 e. The highest BCUT2D eigenvalue weighted by atomic mass is 16.5. The molecule has 0 unspecified atom stereocenters. The van der Waals surface area contributed by atoms with Crippen molar-refractivity contribution in [2.75, 3.05) is 13.7 Å². The van der Waals surface area contributed by atoms with Crippen molar-refractivity contribution < 1.29 is 9.53 Å². The third-order valence-corrected chi connectivity index (χ3v) is 4.66. The number of carbonyl (C=O) groups excluding carboxylic acids is 1. The van der Waals surface area contributed by atoms with Gasteiger partial charge in [-0.15, -0.1) is 0 Å². The van der Waals surface area contributed by atoms with Crippen LogP contribution in [0.1, 0.15) is 30.1 Å². The molecular formula is C18H19N5O2. The van der Waals surface area contributed by atoms with E-state index >= 15 is 0 Å². The summed E-state index contributed by atoms with van der Waals surface area (Å²) in [6.45, 7) is 0.747. The van der Waals surface area contributed by atoms with E-state index < -0.39 is 0 Å². The van der Waals surface area contributed by atoms with E-state index in [1.54, 1.807) is 17.8 Å². The van der Waals surface area contributed by atoms with Gasteiger partial charge in [0, 0.05) is 18.3 Å². The van der Waals surface area contributed by atoms with Gasteiger partial charge in [0.2, 0.25) is 5.91 Å². The second-order valence-corrected chi connectivity index (χ2v) is 6.08. The van der Waals surface area contributed by atoms with Gasteiger partial charge in [-0.25, -0.2) is 4.98 Å². The normalized spacial score (nSPS) is 17.2. The number of para-hydroxylation sites is 1. The van der Waals surface area contributed by atoms with Crippen LogP contribution in [-0.4, -0.2) is 44.0 Å². The van der Waals surface area contributed by atoms with Gasteiger partial charge in [0.05, 0.1) is 25.3 Å². The fourth-order valence-electron chi connectivity index (χ4n) is 3.49. The zero-order valence-electron chi connectivity index (χ0n) is 14.0. The number of aromatic nitrogens is 4. The summed E-state index contributed by atoms with van der Waals surface area (Å²) in [5.74, 6) is 1.40. The average Bonchev–Trinajstić information content (AvgIpc) is 3.31. The van der Waals surface area contributed by atoms with Gasteiger partial charge in [-0.05, 0) is 25.0 Å². The highest BCUT2D eigenvalue weighted by Crippen LogP contribution is 2.32. The van der Waals surface area contributed by atoms with Gasteiger partial charge >= 0.3 is 0 Å². The fraction of sp³-hybridized carbons (Fsp3) is 0.333. The molecule has 0 bridgehead atoms. The third-order valence-electron chi connectivity index (χ3n) is 4.66. The van der Waals surface area contributed by atoms with Crippen molar-refractivity contribution >= 4 is 11.7 Å². The summed E-state index contributed by atoms with van der Waals surface area (Å²) in [4.78, 5) is 23.2. The Labute approximate surface area is 145 Å². The number of benzene rings is 1. The van der Waals surface area contributed by atoms with E-state index in [4.69, 9.17) is 4.74 Å². The number of likely N-dealkylation sites (tertiary alicyclic amines) is 1. The van der Waals surface area contributed by atoms with Crippen LogP contribution in [0.2, 0.25) is 0 Å². The fourth-order valence-corrected chi connectivity index (χ4v) is 3.49. The van der Waals surface area contributed by atoms with Crippen LogP contribution in [0.15, 0.2) is 42.9 Å². The predicted molar refractivity (Wildman–Crippen MR) is 91.2 cm³/mol. The van der Waals surface area contributed by atoms with E-state index in [1.165, 1.54) is 6.33 Å². The monoisotopic (exact) mass is 337 g/mol. The van der Waals surface area contributed by atoms with Crippen LogP contribution in [0, 0.1) is 0 Å². The molecule has 7 heteroatoms. The molecule has 25 heavy (non-hydrogen) atoms. The molecule has 7 nitrogen and oxygen atoms in total. The standard InChI is InChI=1S/C18H19N5O2/c1-25-16-7-3-2-5-13(16)11-17(24)22-10-4-6-14(22)15-8-9-19-18-20-12-21-23(15)18/h2-3,5,7-9,12,14H,4,6,10-11H2,1H3/t14-/m1/s1. The minimum atomic E-state index is -0.00518. The summed E-state index contributed by atoms with van der Waals surface area (Å²) in [7, 11) is 1.63. The Balaban J connectivity index is 1.61. The van der Waals surface area contributed by atoms with E-state index in [0.717, 1.165) is 36.4 Å². The molecular weight excluding hydrogens is 318 g/mol. The van der Waals surface area contributed by atoms with Gasteiger partial charge in [0.25, 0.3) is 5.78 Å². The van der Waals surface area contributed by atoms with Gasteiger partial charge in [0.15, 0.2) is 0 Å². The van der Waals surface area contributed by atoms with Gasteiger partial charge < -0.3 is 9.64 Å². The van der Waals surface area contributed by atoms with Gasteiger partial charge in [-0.3, -0.25) is 4.79 Å². The van der Waals surface area contributed by atoms with Crippen LogP contribution in [-0.2, 0) is 11.2 Å². The Bertz CT molecular complexity index is 907. The summed E-state index contributed by atoms with van der Waals surface area (Å²) in [5, 5.41) is 4.25. The molecule has 3 aromatic rings. The lowest BCUT2D eigenvalue weighted by atomic mass is 10.1. The Morgan fingerprint density at radius 2 is 2.16 bits per heavy atom. The molecule has 1 saturated heterocycles. The Hall–Kier alpha value is -2.96. The highest BCUT2D eigenvalue weighted by Gasteiger charge is 2.32. The van der Waals surface area contributed by atoms with Crippen molar-refractivity contribution in [1.82, 2.24) is 24.5 Å². The van der Waals surface area contributed by atoms with Crippen LogP contribution >= 0.6 is 0 Å². The van der Waals surface area contributed by atoms with Crippen LogP contribution in [0.25, 0.3) is 5.78 Å². The van der Waals surface area contributed by atoms with E-state index in [9.17, 15) is 4.79 Å². The quantitative estimate of drug-likeness (QED) is 0.728. The molecule has 1 aromatic carbocycles. The number of amides is 1. The number of nitrogens with zero attached hydrogens (tertiary/aromatic N) is 5. The van der Waals surface area contributed by atoms with E-state index in [2.05, 4.69) is 15.1 Å². The first-order chi connectivity index (χ1) is 12.3. The van der Waals surface area contributed by atoms with Crippen molar-refractivity contribution in [3.8, 4) is 5.75 Å². The lowest BCUT2D eigenvalue weighted by Crippen LogP contribution is -2.33. The molecule has 1 atom stereocenters. The van der Waals surface area contributed by atoms with Crippen LogP contribution < -0.4 is 4.74 Å². The predicted octanol–water partition coefficient (Wildman–Crippen LogP) is 2.04. The van der Waals surface area contributed by atoms with Crippen molar-refractivity contribution in [3.05, 3.63) is 54.1 Å². The molecule has 1 fully saturated rings. The molecule has 2 aromatic heterocycles. The molecule has 1 aliphatic rings. The summed E-state index contributed by atoms with van der Waals surface area (Å²) >= 11 is 0. The highest BCUT2D eigenvalue weighted by molar-refractivity contribution is 5.80. The SMILES string of the molecule is COc1ccccc1CC(=O)N1CCC[C@@H]1c1ccnc2ncnn12. The van der Waals surface area contributed by atoms with Gasteiger partial charge in [-0.2, -0.15) is 14.6 Å². The van der Waals surface area contributed by atoms with Crippen LogP contribution in [0.5, 0.6) is 5.75 Å². The molecule has 3 heterocycles. The number of methoxy groups -OCH3 is 1. The maximum absolute atomic E-state index is 13.0. The third kappa shape index (κ3) is 2.82. The van der Waals surface area contributed by atoms with Crippen molar-refractivity contribution in [3.63, 3.8) is 0 Å². The number of rotatable bonds is 4. The first-order valence-electron chi connectivity index (χ1n) is 8.34. The molecule has 0 N–H and O–H groups in total. The number of fused-ring (bicyclic) bond motifs is 1. The van der Waals surface area contributed by atoms with Crippen LogP contribution in [0.4, 0.5) is 0 Å². The number of hydrogen-bond acceptors (Lipinski definition) is 5. The Kier molecular flexibility index (Phi) is 4.05. The molecule has 1 amide bonds. The van der Waals surface area contributed by atoms with Crippen molar-refractivity contribution in [2.45, 2.75) is 25.3 Å². The maximum Gasteiger partial charge on any atom is 0.252 e. The second-order valence-electron chi connectivity index (χ2n) is 6.08. The summed E-state index contributed by atoms with van der Waals surface area (Å²) in [6.07, 6.45) is 5.42. The molecule has 4 rings (SSSR count). The van der Waals surface area contributed by atoms with Crippen molar-refractivity contribution in [1.29, 1.82) is 0 Å². The average molecular weight is 337 g/mol. The second kappa shape index (κ2) is 6.51. The number of ether oxygens (including phenoxy) is 1. The molecule has 1 aliphatic heterocycles. The molecule has 0 aliphatic carbocycles. The van der Waals surface area contributed by atoms with E-state index in [1.807, 2.05) is 35.2 Å². The minimum absolute atomic E-state index is 0.00518. The first-order valence-corrected chi connectivity index (χ1v) is 8.34. The van der Waals surface area contributed by atoms with Gasteiger partial charge in [0.1, 0.15) is 12.1 Å². The molecule has 0 radical (unpaired) electrons. The van der Waals surface area contributed by atoms with E-state index in [0.29, 0.717) is 12.2 Å². The molecule has 128 valence electrons. The largest absolute Gasteiger partial charge is 0.496 e. The van der Waals surface area contributed by atoms with E-state index in [-0.39, 0.29) is 11.9 Å². The number of carbonyl (C=O) groups is 1. The molecule has 0 spiro atoms. The first kappa shape index (κ1) is 15.6. The van der Waals surface area contributed by atoms with Gasteiger partial charge in [-0.1, -0.05) is 18.2 Å². The lowest BCUT2D eigenvalue weighted by Gasteiger charge is -2.25. The summed E-state index contributed by atoms with van der Waals surface area (Å²) < 4.78 is 7.09. The zero-order chi connectivity index (χ0) is 17.2. The molecule has 0 saturated carbocycles. The lowest BCUT2D eigenvalue weighted by molar-refractivity contribution is -0.131. The smallest absolute Gasteiger partial charge is 0.252 e.